The third-order valence-electron chi connectivity index (χ3n) is 3.85. The highest BCUT2D eigenvalue weighted by Gasteiger charge is 2.29. The largest absolute Gasteiger partial charge is 0.459 e. The number of carbonyl (C=O) groups is 2. The molecule has 7 heteroatoms. The summed E-state index contributed by atoms with van der Waals surface area (Å²) in [7, 11) is 0. The molecule has 0 aliphatic carbocycles. The SMILES string of the molecule is O=C(C[C@H]1Sc2ccccc2NC1=O)OCc1cn2ccccc2n1. The average molecular weight is 353 g/mol. The van der Waals surface area contributed by atoms with Gasteiger partial charge in [-0.2, -0.15) is 0 Å². The topological polar surface area (TPSA) is 72.7 Å². The lowest BCUT2D eigenvalue weighted by atomic mass is 10.2. The maximum Gasteiger partial charge on any atom is 0.307 e. The second-order valence-electron chi connectivity index (χ2n) is 5.66. The molecule has 0 saturated carbocycles. The summed E-state index contributed by atoms with van der Waals surface area (Å²) in [6, 6.07) is 13.2. The highest BCUT2D eigenvalue weighted by atomic mass is 32.2. The van der Waals surface area contributed by atoms with Gasteiger partial charge in [-0.25, -0.2) is 4.98 Å². The van der Waals surface area contributed by atoms with Gasteiger partial charge in [0.1, 0.15) is 12.3 Å². The number of benzene rings is 1. The summed E-state index contributed by atoms with van der Waals surface area (Å²) < 4.78 is 7.15. The van der Waals surface area contributed by atoms with Crippen LogP contribution in [0.1, 0.15) is 12.1 Å². The van der Waals surface area contributed by atoms with E-state index in [0.29, 0.717) is 5.69 Å². The number of imidazole rings is 1. The van der Waals surface area contributed by atoms with Gasteiger partial charge in [0.25, 0.3) is 0 Å². The number of rotatable bonds is 4. The van der Waals surface area contributed by atoms with Crippen LogP contribution in [-0.2, 0) is 20.9 Å². The van der Waals surface area contributed by atoms with Crippen molar-refractivity contribution >= 4 is 35.0 Å². The van der Waals surface area contributed by atoms with Gasteiger partial charge in [0.15, 0.2) is 0 Å². The van der Waals surface area contributed by atoms with Crippen LogP contribution in [0.25, 0.3) is 5.65 Å². The molecule has 25 heavy (non-hydrogen) atoms. The first kappa shape index (κ1) is 15.7. The van der Waals surface area contributed by atoms with Gasteiger partial charge in [0.05, 0.1) is 23.1 Å². The summed E-state index contributed by atoms with van der Waals surface area (Å²) in [6.07, 6.45) is 3.73. The first-order chi connectivity index (χ1) is 12.2. The van der Waals surface area contributed by atoms with Gasteiger partial charge in [-0.15, -0.1) is 11.8 Å². The van der Waals surface area contributed by atoms with Crippen molar-refractivity contribution in [2.75, 3.05) is 5.32 Å². The van der Waals surface area contributed by atoms with E-state index in [2.05, 4.69) is 10.3 Å². The van der Waals surface area contributed by atoms with E-state index in [-0.39, 0.29) is 18.9 Å². The van der Waals surface area contributed by atoms with E-state index in [9.17, 15) is 9.59 Å². The van der Waals surface area contributed by atoms with E-state index in [1.165, 1.54) is 11.8 Å². The van der Waals surface area contributed by atoms with E-state index in [1.54, 1.807) is 0 Å². The molecule has 126 valence electrons. The van der Waals surface area contributed by atoms with Crippen LogP contribution < -0.4 is 5.32 Å². The Kier molecular flexibility index (Phi) is 4.15. The van der Waals surface area contributed by atoms with E-state index in [0.717, 1.165) is 16.2 Å². The number of hydrogen-bond donors (Lipinski definition) is 1. The first-order valence-electron chi connectivity index (χ1n) is 7.84. The zero-order valence-electron chi connectivity index (χ0n) is 13.2. The van der Waals surface area contributed by atoms with Gasteiger partial charge in [-0.05, 0) is 24.3 Å². The van der Waals surface area contributed by atoms with Crippen molar-refractivity contribution < 1.29 is 14.3 Å². The Hall–Kier alpha value is -2.80. The van der Waals surface area contributed by atoms with Gasteiger partial charge in [-0.1, -0.05) is 18.2 Å². The number of esters is 1. The van der Waals surface area contributed by atoms with Crippen LogP contribution in [0.2, 0.25) is 0 Å². The Morgan fingerprint density at radius 2 is 2.08 bits per heavy atom. The number of nitrogens with zero attached hydrogens (tertiary/aromatic N) is 2. The fraction of sp³-hybridized carbons (Fsp3) is 0.167. The number of fused-ring (bicyclic) bond motifs is 2. The minimum absolute atomic E-state index is 0.0260. The average Bonchev–Trinajstić information content (AvgIpc) is 3.03. The number of aromatic nitrogens is 2. The van der Waals surface area contributed by atoms with Crippen LogP contribution in [0, 0.1) is 0 Å². The van der Waals surface area contributed by atoms with Crippen LogP contribution in [0.4, 0.5) is 5.69 Å². The molecule has 0 radical (unpaired) electrons. The minimum Gasteiger partial charge on any atom is -0.459 e. The predicted octanol–water partition coefficient (Wildman–Crippen LogP) is 2.88. The van der Waals surface area contributed by atoms with Gasteiger partial charge >= 0.3 is 5.97 Å². The third kappa shape index (κ3) is 3.36. The molecule has 2 aromatic heterocycles. The Morgan fingerprint density at radius 1 is 1.24 bits per heavy atom. The number of ether oxygens (including phenoxy) is 1. The van der Waals surface area contributed by atoms with Crippen LogP contribution >= 0.6 is 11.8 Å². The zero-order chi connectivity index (χ0) is 17.2. The van der Waals surface area contributed by atoms with E-state index in [1.807, 2.05) is 59.3 Å². The minimum atomic E-state index is -0.483. The Labute approximate surface area is 148 Å². The number of thioether (sulfide) groups is 1. The molecule has 6 nitrogen and oxygen atoms in total. The molecule has 0 bridgehead atoms. The fourth-order valence-corrected chi connectivity index (χ4v) is 3.74. The van der Waals surface area contributed by atoms with Crippen molar-refractivity contribution in [3.8, 4) is 0 Å². The van der Waals surface area contributed by atoms with Gasteiger partial charge in [0.2, 0.25) is 5.91 Å². The first-order valence-corrected chi connectivity index (χ1v) is 8.72. The van der Waals surface area contributed by atoms with Gasteiger partial charge in [0, 0.05) is 17.3 Å². The normalized spacial score (nSPS) is 16.3. The van der Waals surface area contributed by atoms with Crippen molar-refractivity contribution in [1.29, 1.82) is 0 Å². The lowest BCUT2D eigenvalue weighted by molar-refractivity contribution is -0.145. The molecule has 0 spiro atoms. The summed E-state index contributed by atoms with van der Waals surface area (Å²) in [5.74, 6) is -0.586. The molecule has 0 fully saturated rings. The summed E-state index contributed by atoms with van der Waals surface area (Å²) >= 11 is 1.39. The Bertz CT molecular complexity index is 920. The molecular formula is C18H15N3O3S. The van der Waals surface area contributed by atoms with Crippen molar-refractivity contribution in [2.45, 2.75) is 23.2 Å². The highest BCUT2D eigenvalue weighted by molar-refractivity contribution is 8.01. The lowest BCUT2D eigenvalue weighted by Gasteiger charge is -2.23. The fourth-order valence-electron chi connectivity index (χ4n) is 2.65. The van der Waals surface area contributed by atoms with Gasteiger partial charge in [-0.3, -0.25) is 9.59 Å². The van der Waals surface area contributed by atoms with E-state index >= 15 is 0 Å². The second kappa shape index (κ2) is 6.60. The van der Waals surface area contributed by atoms with Crippen molar-refractivity contribution in [1.82, 2.24) is 9.38 Å². The Balaban J connectivity index is 1.36. The standard InChI is InChI=1S/C18H15N3O3S/c22-17(24-11-12-10-21-8-4-3-7-16(21)19-12)9-15-18(23)20-13-5-1-2-6-14(13)25-15/h1-8,10,15H,9,11H2,(H,20,23)/t15-/m1/s1. The maximum atomic E-state index is 12.1. The highest BCUT2D eigenvalue weighted by Crippen LogP contribution is 2.36. The molecule has 1 aliphatic heterocycles. The molecule has 1 N–H and O–H groups in total. The molecule has 1 amide bonds. The number of pyridine rings is 1. The predicted molar refractivity (Wildman–Crippen MR) is 94.3 cm³/mol. The van der Waals surface area contributed by atoms with E-state index in [4.69, 9.17) is 4.74 Å². The number of nitrogens with one attached hydrogen (secondary N) is 1. The molecule has 0 saturated heterocycles. The molecule has 1 atom stereocenters. The van der Waals surface area contributed by atoms with Crippen LogP contribution in [0.3, 0.4) is 0 Å². The Morgan fingerprint density at radius 3 is 2.96 bits per heavy atom. The van der Waals surface area contributed by atoms with Crippen LogP contribution in [-0.4, -0.2) is 26.5 Å². The van der Waals surface area contributed by atoms with Crippen LogP contribution in [0.15, 0.2) is 59.8 Å². The molecule has 1 aliphatic rings. The molecule has 0 unspecified atom stereocenters. The van der Waals surface area contributed by atoms with E-state index < -0.39 is 11.2 Å². The molecule has 3 aromatic rings. The quantitative estimate of drug-likeness (QED) is 0.730. The van der Waals surface area contributed by atoms with Crippen molar-refractivity contribution in [3.05, 3.63) is 60.6 Å². The summed E-state index contributed by atoms with van der Waals surface area (Å²) in [4.78, 5) is 29.6. The summed E-state index contributed by atoms with van der Waals surface area (Å²) in [6.45, 7) is 0.0934. The smallest absolute Gasteiger partial charge is 0.307 e. The number of anilines is 1. The number of amides is 1. The van der Waals surface area contributed by atoms with Crippen molar-refractivity contribution in [3.63, 3.8) is 0 Å². The maximum absolute atomic E-state index is 12.1. The summed E-state index contributed by atoms with van der Waals surface area (Å²) in [5, 5.41) is 2.34. The number of hydrogen-bond acceptors (Lipinski definition) is 5. The third-order valence-corrected chi connectivity index (χ3v) is 5.13. The molecular weight excluding hydrogens is 338 g/mol. The molecule has 4 rings (SSSR count). The van der Waals surface area contributed by atoms with Gasteiger partial charge < -0.3 is 14.5 Å². The monoisotopic (exact) mass is 353 g/mol. The van der Waals surface area contributed by atoms with Crippen molar-refractivity contribution in [2.24, 2.45) is 0 Å². The number of para-hydroxylation sites is 1. The second-order valence-corrected chi connectivity index (χ2v) is 6.90. The molecule has 1 aromatic carbocycles. The summed E-state index contributed by atoms with van der Waals surface area (Å²) in [5.41, 5.74) is 2.25. The molecule has 3 heterocycles. The lowest BCUT2D eigenvalue weighted by Crippen LogP contribution is -2.31. The zero-order valence-corrected chi connectivity index (χ0v) is 14.0. The van der Waals surface area contributed by atoms with Crippen LogP contribution in [0.5, 0.6) is 0 Å². The number of carbonyl (C=O) groups excluding carboxylic acids is 2.